The summed E-state index contributed by atoms with van der Waals surface area (Å²) < 4.78 is 4.80. The average molecular weight is 290 g/mol. The van der Waals surface area contributed by atoms with Gasteiger partial charge in [0.15, 0.2) is 0 Å². The number of carbonyl (C=O) groups is 1. The summed E-state index contributed by atoms with van der Waals surface area (Å²) in [6.45, 7) is 1.22. The number of amides is 1. The minimum atomic E-state index is 0.0373. The topological polar surface area (TPSA) is 29.5 Å². The van der Waals surface area contributed by atoms with Gasteiger partial charge in [0.1, 0.15) is 0 Å². The number of allylic oxidation sites excluding steroid dienone is 2. The zero-order chi connectivity index (χ0) is 14.4. The predicted octanol–water partition coefficient (Wildman–Crippen LogP) is 3.32. The molecule has 0 fully saturated rings. The first kappa shape index (κ1) is 14.4. The van der Waals surface area contributed by atoms with E-state index in [9.17, 15) is 4.79 Å². The van der Waals surface area contributed by atoms with Gasteiger partial charge in [-0.1, -0.05) is 35.9 Å². The summed E-state index contributed by atoms with van der Waals surface area (Å²) in [4.78, 5) is 13.7. The normalized spacial score (nSPS) is 15.4. The average Bonchev–Trinajstić information content (AvgIpc) is 2.78. The maximum absolute atomic E-state index is 11.9. The maximum Gasteiger partial charge on any atom is 0.247 e. The van der Waals surface area contributed by atoms with Crippen LogP contribution in [0.4, 0.5) is 0 Å². The van der Waals surface area contributed by atoms with E-state index in [1.807, 2.05) is 36.4 Å². The van der Waals surface area contributed by atoms with Crippen molar-refractivity contribution in [3.63, 3.8) is 0 Å². The standard InChI is InChI=1S/C16H16ClNO2/c1-20-9-3-2-4-14-10-16(19)18(12-14)11-13-5-7-15(17)8-6-13/h2-10H,11-12H2,1H3/b4-2-,9-3+. The van der Waals surface area contributed by atoms with Crippen molar-refractivity contribution in [2.75, 3.05) is 13.7 Å². The molecule has 2 rings (SSSR count). The van der Waals surface area contributed by atoms with Crippen LogP contribution in [0.5, 0.6) is 0 Å². The van der Waals surface area contributed by atoms with Crippen LogP contribution in [0.25, 0.3) is 0 Å². The second-order valence-electron chi connectivity index (χ2n) is 4.46. The number of carbonyl (C=O) groups excluding carboxylic acids is 1. The van der Waals surface area contributed by atoms with Crippen LogP contribution in [0, 0.1) is 0 Å². The lowest BCUT2D eigenvalue weighted by Gasteiger charge is -2.16. The highest BCUT2D eigenvalue weighted by atomic mass is 35.5. The molecule has 0 aromatic heterocycles. The van der Waals surface area contributed by atoms with Gasteiger partial charge >= 0.3 is 0 Å². The molecule has 0 spiro atoms. The molecule has 0 atom stereocenters. The van der Waals surface area contributed by atoms with Gasteiger partial charge in [-0.25, -0.2) is 0 Å². The highest BCUT2D eigenvalue weighted by molar-refractivity contribution is 6.30. The SMILES string of the molecule is CO/C=C/C=C\C1=CC(=O)N(Cc2ccc(Cl)cc2)C1. The Bertz CT molecular complexity index is 558. The Labute approximate surface area is 123 Å². The number of halogens is 1. The van der Waals surface area contributed by atoms with E-state index in [1.54, 1.807) is 30.4 Å². The second kappa shape index (κ2) is 6.96. The monoisotopic (exact) mass is 289 g/mol. The zero-order valence-corrected chi connectivity index (χ0v) is 12.0. The van der Waals surface area contributed by atoms with E-state index in [-0.39, 0.29) is 5.91 Å². The molecule has 1 aliphatic heterocycles. The molecule has 0 aliphatic carbocycles. The number of methoxy groups -OCH3 is 1. The van der Waals surface area contributed by atoms with Crippen LogP contribution in [-0.2, 0) is 16.1 Å². The Balaban J connectivity index is 1.93. The Morgan fingerprint density at radius 1 is 1.30 bits per heavy atom. The third kappa shape index (κ3) is 4.00. The fourth-order valence-electron chi connectivity index (χ4n) is 1.94. The number of hydrogen-bond acceptors (Lipinski definition) is 2. The van der Waals surface area contributed by atoms with Gasteiger partial charge in [-0.3, -0.25) is 4.79 Å². The molecule has 0 saturated heterocycles. The summed E-state index contributed by atoms with van der Waals surface area (Å²) in [5.74, 6) is 0.0373. The summed E-state index contributed by atoms with van der Waals surface area (Å²) in [5, 5.41) is 0.702. The fourth-order valence-corrected chi connectivity index (χ4v) is 2.07. The summed E-state index contributed by atoms with van der Waals surface area (Å²) in [6.07, 6.45) is 8.79. The van der Waals surface area contributed by atoms with Gasteiger partial charge in [0.25, 0.3) is 0 Å². The van der Waals surface area contributed by atoms with Crippen LogP contribution in [-0.4, -0.2) is 24.5 Å². The summed E-state index contributed by atoms with van der Waals surface area (Å²) >= 11 is 5.85. The zero-order valence-electron chi connectivity index (χ0n) is 11.3. The molecule has 0 unspecified atom stereocenters. The van der Waals surface area contributed by atoms with Gasteiger partial charge in [0.2, 0.25) is 5.91 Å². The molecule has 104 valence electrons. The van der Waals surface area contributed by atoms with Gasteiger partial charge in [0.05, 0.1) is 13.4 Å². The Morgan fingerprint density at radius 2 is 2.05 bits per heavy atom. The largest absolute Gasteiger partial charge is 0.504 e. The first-order valence-corrected chi connectivity index (χ1v) is 6.67. The van der Waals surface area contributed by atoms with Crippen LogP contribution < -0.4 is 0 Å². The summed E-state index contributed by atoms with van der Waals surface area (Å²) in [6, 6.07) is 7.54. The molecular formula is C16H16ClNO2. The molecule has 1 aromatic carbocycles. The maximum atomic E-state index is 11.9. The first-order valence-electron chi connectivity index (χ1n) is 6.29. The molecule has 20 heavy (non-hydrogen) atoms. The Morgan fingerprint density at radius 3 is 2.75 bits per heavy atom. The van der Waals surface area contributed by atoms with Gasteiger partial charge in [-0.2, -0.15) is 0 Å². The fraction of sp³-hybridized carbons (Fsp3) is 0.188. The van der Waals surface area contributed by atoms with E-state index in [4.69, 9.17) is 16.3 Å². The van der Waals surface area contributed by atoms with Crippen molar-refractivity contribution in [3.8, 4) is 0 Å². The molecule has 0 saturated carbocycles. The lowest BCUT2D eigenvalue weighted by atomic mass is 10.2. The van der Waals surface area contributed by atoms with E-state index in [0.717, 1.165) is 11.1 Å². The van der Waals surface area contributed by atoms with Gasteiger partial charge in [0, 0.05) is 24.2 Å². The molecular weight excluding hydrogens is 274 g/mol. The number of ether oxygens (including phenoxy) is 1. The minimum Gasteiger partial charge on any atom is -0.504 e. The smallest absolute Gasteiger partial charge is 0.247 e. The van der Waals surface area contributed by atoms with Crippen molar-refractivity contribution in [1.82, 2.24) is 4.90 Å². The molecule has 1 aromatic rings. The van der Waals surface area contributed by atoms with Crippen LogP contribution >= 0.6 is 11.6 Å². The molecule has 0 radical (unpaired) electrons. The molecule has 0 N–H and O–H groups in total. The van der Waals surface area contributed by atoms with Crippen molar-refractivity contribution < 1.29 is 9.53 Å². The summed E-state index contributed by atoms with van der Waals surface area (Å²) in [7, 11) is 1.59. The first-order chi connectivity index (χ1) is 9.69. The Hall–Kier alpha value is -2.00. The number of rotatable bonds is 5. The van der Waals surface area contributed by atoms with Gasteiger partial charge in [-0.05, 0) is 29.3 Å². The van der Waals surface area contributed by atoms with Gasteiger partial charge < -0.3 is 9.64 Å². The van der Waals surface area contributed by atoms with E-state index in [1.165, 1.54) is 0 Å². The molecule has 1 heterocycles. The number of benzene rings is 1. The highest BCUT2D eigenvalue weighted by Crippen LogP contribution is 2.17. The quantitative estimate of drug-likeness (QED) is 0.615. The lowest BCUT2D eigenvalue weighted by molar-refractivity contribution is -0.125. The van der Waals surface area contributed by atoms with Crippen molar-refractivity contribution in [2.24, 2.45) is 0 Å². The highest BCUT2D eigenvalue weighted by Gasteiger charge is 2.19. The molecule has 1 aliphatic rings. The van der Waals surface area contributed by atoms with Crippen LogP contribution in [0.15, 0.2) is 60.4 Å². The van der Waals surface area contributed by atoms with Gasteiger partial charge in [-0.15, -0.1) is 0 Å². The second-order valence-corrected chi connectivity index (χ2v) is 4.90. The number of hydrogen-bond donors (Lipinski definition) is 0. The predicted molar refractivity (Wildman–Crippen MR) is 80.2 cm³/mol. The molecule has 4 heteroatoms. The van der Waals surface area contributed by atoms with Crippen LogP contribution in [0.3, 0.4) is 0 Å². The van der Waals surface area contributed by atoms with Crippen molar-refractivity contribution >= 4 is 17.5 Å². The third-order valence-electron chi connectivity index (χ3n) is 2.92. The van der Waals surface area contributed by atoms with Crippen LogP contribution in [0.1, 0.15) is 5.56 Å². The van der Waals surface area contributed by atoms with Crippen molar-refractivity contribution in [2.45, 2.75) is 6.54 Å². The minimum absolute atomic E-state index is 0.0373. The van der Waals surface area contributed by atoms with Crippen molar-refractivity contribution in [1.29, 1.82) is 0 Å². The summed E-state index contributed by atoms with van der Waals surface area (Å²) in [5.41, 5.74) is 2.06. The molecule has 0 bridgehead atoms. The molecule has 1 amide bonds. The van der Waals surface area contributed by atoms with Crippen LogP contribution in [0.2, 0.25) is 5.02 Å². The molecule has 3 nitrogen and oxygen atoms in total. The van der Waals surface area contributed by atoms with E-state index < -0.39 is 0 Å². The lowest BCUT2D eigenvalue weighted by Crippen LogP contribution is -2.25. The van der Waals surface area contributed by atoms with Crippen molar-refractivity contribution in [3.05, 3.63) is 71.0 Å². The van der Waals surface area contributed by atoms with E-state index >= 15 is 0 Å². The van der Waals surface area contributed by atoms with E-state index in [0.29, 0.717) is 18.1 Å². The Kier molecular flexibility index (Phi) is 5.02. The third-order valence-corrected chi connectivity index (χ3v) is 3.17. The number of nitrogens with zero attached hydrogens (tertiary/aromatic N) is 1. The van der Waals surface area contributed by atoms with E-state index in [2.05, 4.69) is 0 Å².